The van der Waals surface area contributed by atoms with Crippen LogP contribution in [0.3, 0.4) is 0 Å². The molecule has 0 saturated heterocycles. The summed E-state index contributed by atoms with van der Waals surface area (Å²) in [6, 6.07) is 23.0. The van der Waals surface area contributed by atoms with Gasteiger partial charge in [-0.15, -0.1) is 0 Å². The van der Waals surface area contributed by atoms with E-state index in [-0.39, 0.29) is 30.6 Å². The number of carbonyl (C=O) groups excluding carboxylic acids is 2. The summed E-state index contributed by atoms with van der Waals surface area (Å²) in [7, 11) is 0. The van der Waals surface area contributed by atoms with Gasteiger partial charge in [0, 0.05) is 6.54 Å². The Morgan fingerprint density at radius 1 is 0.968 bits per heavy atom. The average Bonchev–Trinajstić information content (AvgIpc) is 2.92. The van der Waals surface area contributed by atoms with Crippen LogP contribution in [0.1, 0.15) is 17.5 Å². The fourth-order valence-corrected chi connectivity index (χ4v) is 3.52. The largest absolute Gasteiger partial charge is 0.354 e. The van der Waals surface area contributed by atoms with Crippen molar-refractivity contribution in [2.75, 3.05) is 18.0 Å². The molecule has 1 heterocycles. The van der Waals surface area contributed by atoms with Gasteiger partial charge in [0.1, 0.15) is 12.4 Å². The Kier molecular flexibility index (Phi) is 6.17. The van der Waals surface area contributed by atoms with Crippen LogP contribution in [0.2, 0.25) is 0 Å². The maximum absolute atomic E-state index is 13.3. The molecule has 0 saturated carbocycles. The number of hydrogen-bond acceptors (Lipinski definition) is 3. The fourth-order valence-electron chi connectivity index (χ4n) is 3.52. The predicted octanol–water partition coefficient (Wildman–Crippen LogP) is 4.04. The molecule has 0 radical (unpaired) electrons. The van der Waals surface area contributed by atoms with E-state index in [9.17, 15) is 14.0 Å². The molecule has 6 heteroatoms. The Bertz CT molecular complexity index is 1110. The number of aliphatic imine (C=N–C) groups is 1. The zero-order valence-electron chi connectivity index (χ0n) is 16.9. The van der Waals surface area contributed by atoms with Gasteiger partial charge in [0.2, 0.25) is 11.8 Å². The Morgan fingerprint density at radius 2 is 1.68 bits per heavy atom. The molecule has 0 fully saturated rings. The van der Waals surface area contributed by atoms with E-state index < -0.39 is 0 Å². The molecule has 4 rings (SSSR count). The van der Waals surface area contributed by atoms with Gasteiger partial charge in [0.15, 0.2) is 0 Å². The minimum atomic E-state index is -0.349. The average molecular weight is 415 g/mol. The van der Waals surface area contributed by atoms with Crippen molar-refractivity contribution in [2.45, 2.75) is 12.8 Å². The van der Waals surface area contributed by atoms with Crippen molar-refractivity contribution in [3.05, 3.63) is 95.8 Å². The first-order valence-electron chi connectivity index (χ1n) is 10.1. The van der Waals surface area contributed by atoms with Crippen LogP contribution in [0.15, 0.2) is 83.9 Å². The van der Waals surface area contributed by atoms with E-state index in [1.807, 2.05) is 42.5 Å². The molecule has 0 spiro atoms. The lowest BCUT2D eigenvalue weighted by atomic mass is 10.1. The lowest BCUT2D eigenvalue weighted by Gasteiger charge is -2.22. The van der Waals surface area contributed by atoms with E-state index in [0.717, 1.165) is 12.0 Å². The minimum Gasteiger partial charge on any atom is -0.354 e. The van der Waals surface area contributed by atoms with Gasteiger partial charge in [-0.05, 0) is 41.8 Å². The number of anilines is 1. The summed E-state index contributed by atoms with van der Waals surface area (Å²) in [5, 5.41) is 2.89. The molecule has 0 aliphatic carbocycles. The third kappa shape index (κ3) is 5.04. The third-order valence-corrected chi connectivity index (χ3v) is 5.11. The van der Waals surface area contributed by atoms with Crippen molar-refractivity contribution in [3.8, 4) is 0 Å². The van der Waals surface area contributed by atoms with Crippen LogP contribution in [0, 0.1) is 5.82 Å². The Hall–Kier alpha value is -3.80. The Morgan fingerprint density at radius 3 is 2.45 bits per heavy atom. The molecule has 3 aromatic carbocycles. The van der Waals surface area contributed by atoms with Gasteiger partial charge in [0.05, 0.1) is 23.5 Å². The standard InChI is InChI=1S/C25H22FN3O2/c26-20-12-10-19(11-13-20)22-16-25(31)29(23-9-5-4-8-21(23)28-22)17-24(30)27-15-14-18-6-2-1-3-7-18/h1-13H,14-17H2,(H,27,30). The Balaban J connectivity index is 1.48. The van der Waals surface area contributed by atoms with Crippen LogP contribution in [0.4, 0.5) is 15.8 Å². The summed E-state index contributed by atoms with van der Waals surface area (Å²) in [4.78, 5) is 31.7. The van der Waals surface area contributed by atoms with E-state index >= 15 is 0 Å². The van der Waals surface area contributed by atoms with Crippen LogP contribution in [-0.2, 0) is 16.0 Å². The first-order valence-corrected chi connectivity index (χ1v) is 10.1. The summed E-state index contributed by atoms with van der Waals surface area (Å²) < 4.78 is 13.3. The fraction of sp³-hybridized carbons (Fsp3) is 0.160. The molecular formula is C25H22FN3O2. The highest BCUT2D eigenvalue weighted by atomic mass is 19.1. The van der Waals surface area contributed by atoms with Crippen LogP contribution >= 0.6 is 0 Å². The minimum absolute atomic E-state index is 0.0254. The number of benzene rings is 3. The first-order chi connectivity index (χ1) is 15.1. The van der Waals surface area contributed by atoms with Crippen molar-refractivity contribution in [3.63, 3.8) is 0 Å². The SMILES string of the molecule is O=C(CN1C(=O)CC(c2ccc(F)cc2)=Nc2ccccc21)NCCc1ccccc1. The highest BCUT2D eigenvalue weighted by Crippen LogP contribution is 2.32. The first kappa shape index (κ1) is 20.5. The molecule has 0 atom stereocenters. The normalized spacial score (nSPS) is 13.3. The van der Waals surface area contributed by atoms with Crippen molar-refractivity contribution in [1.29, 1.82) is 0 Å². The quantitative estimate of drug-likeness (QED) is 0.660. The summed E-state index contributed by atoms with van der Waals surface area (Å²) in [6.07, 6.45) is 0.743. The molecule has 156 valence electrons. The molecule has 0 bridgehead atoms. The highest BCUT2D eigenvalue weighted by Gasteiger charge is 2.26. The van der Waals surface area contributed by atoms with E-state index in [2.05, 4.69) is 10.3 Å². The Labute approximate surface area is 180 Å². The van der Waals surface area contributed by atoms with Gasteiger partial charge in [-0.3, -0.25) is 14.6 Å². The smallest absolute Gasteiger partial charge is 0.240 e. The maximum atomic E-state index is 13.3. The zero-order chi connectivity index (χ0) is 21.6. The molecule has 1 N–H and O–H groups in total. The monoisotopic (exact) mass is 415 g/mol. The molecule has 0 unspecified atom stereocenters. The topological polar surface area (TPSA) is 61.8 Å². The number of nitrogens with one attached hydrogen (secondary N) is 1. The highest BCUT2D eigenvalue weighted by molar-refractivity contribution is 6.18. The second-order valence-corrected chi connectivity index (χ2v) is 7.30. The number of para-hydroxylation sites is 2. The molecule has 31 heavy (non-hydrogen) atoms. The number of hydrogen-bond donors (Lipinski definition) is 1. The molecule has 2 amide bonds. The van der Waals surface area contributed by atoms with Gasteiger partial charge in [0.25, 0.3) is 0 Å². The molecular weight excluding hydrogens is 393 g/mol. The molecule has 1 aliphatic rings. The van der Waals surface area contributed by atoms with E-state index in [0.29, 0.717) is 29.2 Å². The number of amides is 2. The van der Waals surface area contributed by atoms with Crippen LogP contribution in [-0.4, -0.2) is 30.6 Å². The van der Waals surface area contributed by atoms with Gasteiger partial charge < -0.3 is 10.2 Å². The van der Waals surface area contributed by atoms with Gasteiger partial charge >= 0.3 is 0 Å². The van der Waals surface area contributed by atoms with Crippen molar-refractivity contribution in [2.24, 2.45) is 4.99 Å². The molecule has 5 nitrogen and oxygen atoms in total. The summed E-state index contributed by atoms with van der Waals surface area (Å²) in [6.45, 7) is 0.403. The number of fused-ring (bicyclic) bond motifs is 1. The van der Waals surface area contributed by atoms with E-state index in [4.69, 9.17) is 0 Å². The number of rotatable bonds is 6. The van der Waals surface area contributed by atoms with Crippen LogP contribution in [0.25, 0.3) is 0 Å². The summed E-state index contributed by atoms with van der Waals surface area (Å²) >= 11 is 0. The summed E-state index contributed by atoms with van der Waals surface area (Å²) in [5.74, 6) is -0.811. The van der Waals surface area contributed by atoms with Gasteiger partial charge in [-0.2, -0.15) is 0 Å². The van der Waals surface area contributed by atoms with Gasteiger partial charge in [-0.1, -0.05) is 54.6 Å². The van der Waals surface area contributed by atoms with Crippen molar-refractivity contribution >= 4 is 28.9 Å². The van der Waals surface area contributed by atoms with E-state index in [1.54, 1.807) is 24.3 Å². The third-order valence-electron chi connectivity index (χ3n) is 5.11. The summed E-state index contributed by atoms with van der Waals surface area (Å²) in [5.41, 5.74) is 3.55. The van der Waals surface area contributed by atoms with Crippen LogP contribution < -0.4 is 10.2 Å². The second kappa shape index (κ2) is 9.34. The van der Waals surface area contributed by atoms with Crippen molar-refractivity contribution < 1.29 is 14.0 Å². The van der Waals surface area contributed by atoms with Crippen molar-refractivity contribution in [1.82, 2.24) is 5.32 Å². The zero-order valence-corrected chi connectivity index (χ0v) is 16.9. The van der Waals surface area contributed by atoms with E-state index in [1.165, 1.54) is 17.0 Å². The maximum Gasteiger partial charge on any atom is 0.240 e. The molecule has 1 aliphatic heterocycles. The lowest BCUT2D eigenvalue weighted by molar-refractivity contribution is -0.123. The number of nitrogens with zero attached hydrogens (tertiary/aromatic N) is 2. The molecule has 3 aromatic rings. The molecule has 0 aromatic heterocycles. The second-order valence-electron chi connectivity index (χ2n) is 7.30. The van der Waals surface area contributed by atoms with Crippen LogP contribution in [0.5, 0.6) is 0 Å². The number of carbonyl (C=O) groups is 2. The number of halogens is 1. The lowest BCUT2D eigenvalue weighted by Crippen LogP contribution is -2.41. The van der Waals surface area contributed by atoms with Gasteiger partial charge in [-0.25, -0.2) is 4.39 Å². The predicted molar refractivity (Wildman–Crippen MR) is 119 cm³/mol.